The quantitative estimate of drug-likeness (QED) is 0.353. The van der Waals surface area contributed by atoms with E-state index in [2.05, 4.69) is 143 Å². The molecule has 0 bridgehead atoms. The molecule has 0 atom stereocenters. The Morgan fingerprint density at radius 3 is 1.03 bits per heavy atom. The van der Waals surface area contributed by atoms with E-state index in [0.717, 1.165) is 10.2 Å². The number of hydrogen-bond donors (Lipinski definition) is 0. The molecule has 0 aromatic heterocycles. The van der Waals surface area contributed by atoms with E-state index in [9.17, 15) is 0 Å². The third kappa shape index (κ3) is 5.49. The highest BCUT2D eigenvalue weighted by atomic mass is 16.5. The lowest BCUT2D eigenvalue weighted by atomic mass is 9.13. The zero-order chi connectivity index (χ0) is 23.0. The van der Waals surface area contributed by atoms with E-state index in [1.165, 1.54) is 21.9 Å². The largest absolute Gasteiger partial charge is 0.497 e. The van der Waals surface area contributed by atoms with E-state index in [-0.39, 0.29) is 0 Å². The Hall–Kier alpha value is -3.30. The fourth-order valence-corrected chi connectivity index (χ4v) is 4.27. The summed E-state index contributed by atoms with van der Waals surface area (Å²) in [5, 5.41) is 0. The van der Waals surface area contributed by atoms with Crippen LogP contribution in [0.3, 0.4) is 0 Å². The molecule has 4 aromatic carbocycles. The lowest BCUT2D eigenvalue weighted by Crippen LogP contribution is -2.74. The Morgan fingerprint density at radius 2 is 0.750 bits per heavy atom. The van der Waals surface area contributed by atoms with E-state index in [1.54, 1.807) is 7.11 Å². The SMILES string of the molecule is COc1ccc([B-](c2ccccc2)(c2ccccc2)c2ccccc2)cc1.C[N+](C)(C)C. The van der Waals surface area contributed by atoms with E-state index in [1.807, 2.05) is 0 Å². The number of methoxy groups -OCH3 is 1. The van der Waals surface area contributed by atoms with Crippen molar-refractivity contribution in [1.29, 1.82) is 0 Å². The van der Waals surface area contributed by atoms with E-state index in [0.29, 0.717) is 0 Å². The van der Waals surface area contributed by atoms with Crippen LogP contribution in [0.25, 0.3) is 0 Å². The first-order chi connectivity index (χ1) is 15.4. The Labute approximate surface area is 193 Å². The van der Waals surface area contributed by atoms with Crippen LogP contribution < -0.4 is 26.6 Å². The van der Waals surface area contributed by atoms with Crippen LogP contribution >= 0.6 is 0 Å². The predicted octanol–water partition coefficient (Wildman–Crippen LogP) is 3.40. The molecule has 164 valence electrons. The summed E-state index contributed by atoms with van der Waals surface area (Å²) in [4.78, 5) is 0. The summed E-state index contributed by atoms with van der Waals surface area (Å²) in [6.07, 6.45) is -1.29. The number of quaternary nitrogens is 1. The van der Waals surface area contributed by atoms with Gasteiger partial charge < -0.3 is 9.22 Å². The summed E-state index contributed by atoms with van der Waals surface area (Å²) in [6, 6.07) is 40.9. The van der Waals surface area contributed by atoms with Crippen molar-refractivity contribution in [3.05, 3.63) is 115 Å². The molecule has 3 heteroatoms. The van der Waals surface area contributed by atoms with Crippen LogP contribution in [0.4, 0.5) is 0 Å². The van der Waals surface area contributed by atoms with Crippen molar-refractivity contribution >= 4 is 28.0 Å². The normalized spacial score (nSPS) is 11.3. The van der Waals surface area contributed by atoms with Gasteiger partial charge in [0.05, 0.1) is 35.3 Å². The number of hydrogen-bond acceptors (Lipinski definition) is 1. The van der Waals surface area contributed by atoms with Crippen molar-refractivity contribution in [1.82, 2.24) is 0 Å². The Kier molecular flexibility index (Phi) is 7.55. The summed E-state index contributed by atoms with van der Waals surface area (Å²) in [6.45, 7) is 0. The van der Waals surface area contributed by atoms with E-state index < -0.39 is 6.15 Å². The van der Waals surface area contributed by atoms with Gasteiger partial charge in [-0.05, 0) is 12.1 Å². The molecule has 0 saturated heterocycles. The minimum absolute atomic E-state index is 0.873. The zero-order valence-electron chi connectivity index (χ0n) is 19.9. The third-order valence-electron chi connectivity index (χ3n) is 5.51. The van der Waals surface area contributed by atoms with Crippen molar-refractivity contribution in [2.45, 2.75) is 0 Å². The molecular weight excluding hydrogens is 389 g/mol. The second kappa shape index (κ2) is 10.3. The summed E-state index contributed by atoms with van der Waals surface area (Å²) >= 11 is 0. The smallest absolute Gasteiger partial charge is 0.118 e. The van der Waals surface area contributed by atoms with Crippen LogP contribution in [0.1, 0.15) is 0 Å². The van der Waals surface area contributed by atoms with Crippen LogP contribution in [-0.2, 0) is 0 Å². The van der Waals surface area contributed by atoms with Crippen LogP contribution in [0.2, 0.25) is 0 Å². The maximum Gasteiger partial charge on any atom is 0.118 e. The Bertz CT molecular complexity index is 970. The van der Waals surface area contributed by atoms with Gasteiger partial charge in [-0.1, -0.05) is 103 Å². The summed E-state index contributed by atoms with van der Waals surface area (Å²) in [7, 11) is 10.2. The first kappa shape index (κ1) is 23.4. The summed E-state index contributed by atoms with van der Waals surface area (Å²) in [5.41, 5.74) is 5.19. The second-order valence-electron chi connectivity index (χ2n) is 9.55. The van der Waals surface area contributed by atoms with Gasteiger partial charge in [-0.3, -0.25) is 0 Å². The van der Waals surface area contributed by atoms with E-state index >= 15 is 0 Å². The Morgan fingerprint density at radius 1 is 0.469 bits per heavy atom. The standard InChI is InChI=1S/C25H22BO.C4H12N/c1-27-25-19-17-24(18-20-25)26(21-11-5-2-6-12-21,22-13-7-3-8-14-22)23-15-9-4-10-16-23;1-5(2,3)4/h2-20H,1H3;1-4H3/q-1;+1. The monoisotopic (exact) mass is 423 g/mol. The molecule has 0 amide bonds. The number of benzene rings is 4. The van der Waals surface area contributed by atoms with Crippen molar-refractivity contribution in [3.8, 4) is 5.75 Å². The summed E-state index contributed by atoms with van der Waals surface area (Å²) < 4.78 is 6.41. The minimum Gasteiger partial charge on any atom is -0.497 e. The molecule has 0 aliphatic carbocycles. The lowest BCUT2D eigenvalue weighted by Gasteiger charge is -2.44. The van der Waals surface area contributed by atoms with Crippen LogP contribution in [0.5, 0.6) is 5.75 Å². The molecule has 2 nitrogen and oxygen atoms in total. The van der Waals surface area contributed by atoms with Gasteiger partial charge in [0.25, 0.3) is 0 Å². The number of nitrogens with zero attached hydrogens (tertiary/aromatic N) is 1. The highest BCUT2D eigenvalue weighted by molar-refractivity contribution is 7.19. The maximum atomic E-state index is 5.41. The molecule has 0 heterocycles. The topological polar surface area (TPSA) is 9.23 Å². The van der Waals surface area contributed by atoms with Crippen LogP contribution in [-0.4, -0.2) is 45.9 Å². The van der Waals surface area contributed by atoms with Crippen LogP contribution in [0.15, 0.2) is 115 Å². The first-order valence-corrected chi connectivity index (χ1v) is 11.1. The molecule has 4 rings (SSSR count). The molecule has 0 fully saturated rings. The fraction of sp³-hybridized carbons (Fsp3) is 0.172. The molecule has 0 N–H and O–H groups in total. The van der Waals surface area contributed by atoms with Gasteiger partial charge in [-0.25, -0.2) is 0 Å². The molecule has 0 spiro atoms. The molecular formula is C29H34BNO. The molecule has 32 heavy (non-hydrogen) atoms. The van der Waals surface area contributed by atoms with Gasteiger partial charge in [0.2, 0.25) is 0 Å². The first-order valence-electron chi connectivity index (χ1n) is 11.1. The van der Waals surface area contributed by atoms with Crippen molar-refractivity contribution in [3.63, 3.8) is 0 Å². The van der Waals surface area contributed by atoms with Crippen molar-refractivity contribution in [2.24, 2.45) is 0 Å². The number of rotatable bonds is 5. The lowest BCUT2D eigenvalue weighted by molar-refractivity contribution is -0.849. The van der Waals surface area contributed by atoms with Gasteiger partial charge in [0.1, 0.15) is 11.9 Å². The van der Waals surface area contributed by atoms with E-state index in [4.69, 9.17) is 4.74 Å². The number of ether oxygens (including phenoxy) is 1. The highest BCUT2D eigenvalue weighted by Crippen LogP contribution is 2.13. The highest BCUT2D eigenvalue weighted by Gasteiger charge is 2.31. The van der Waals surface area contributed by atoms with Crippen molar-refractivity contribution in [2.75, 3.05) is 35.3 Å². The third-order valence-corrected chi connectivity index (χ3v) is 5.51. The average molecular weight is 423 g/mol. The molecule has 0 aliphatic heterocycles. The van der Waals surface area contributed by atoms with Gasteiger partial charge in [0.15, 0.2) is 0 Å². The summed E-state index contributed by atoms with van der Waals surface area (Å²) in [5.74, 6) is 0.873. The fourth-order valence-electron chi connectivity index (χ4n) is 4.27. The van der Waals surface area contributed by atoms with Crippen LogP contribution in [0, 0.1) is 0 Å². The predicted molar refractivity (Wildman–Crippen MR) is 141 cm³/mol. The zero-order valence-corrected chi connectivity index (χ0v) is 19.9. The minimum atomic E-state index is -1.29. The average Bonchev–Trinajstić information content (AvgIpc) is 2.81. The van der Waals surface area contributed by atoms with Gasteiger partial charge >= 0.3 is 0 Å². The maximum absolute atomic E-state index is 5.41. The van der Waals surface area contributed by atoms with Gasteiger partial charge in [-0.15, -0.1) is 0 Å². The van der Waals surface area contributed by atoms with Gasteiger partial charge in [-0.2, -0.15) is 21.9 Å². The molecule has 0 saturated carbocycles. The molecule has 0 aliphatic rings. The molecule has 0 unspecified atom stereocenters. The molecule has 4 aromatic rings. The Balaban J connectivity index is 0.000000523. The van der Waals surface area contributed by atoms with Gasteiger partial charge in [0, 0.05) is 0 Å². The second-order valence-corrected chi connectivity index (χ2v) is 9.55. The molecule has 0 radical (unpaired) electrons. The van der Waals surface area contributed by atoms with Crippen molar-refractivity contribution < 1.29 is 9.22 Å².